The average Bonchev–Trinajstić information content (AvgIpc) is 3.55. The van der Waals surface area contributed by atoms with Crippen LogP contribution in [0, 0.1) is 20.8 Å². The van der Waals surface area contributed by atoms with Gasteiger partial charge < -0.3 is 9.84 Å². The number of piperazine rings is 1. The number of nitrogens with one attached hydrogen (secondary N) is 1. The summed E-state index contributed by atoms with van der Waals surface area (Å²) in [6.07, 6.45) is 1.60. The molecule has 0 saturated carbocycles. The summed E-state index contributed by atoms with van der Waals surface area (Å²) >= 11 is 2.88. The second-order valence-electron chi connectivity index (χ2n) is 8.91. The van der Waals surface area contributed by atoms with Crippen LogP contribution in [0.3, 0.4) is 0 Å². The predicted octanol–water partition coefficient (Wildman–Crippen LogP) is 4.14. The Morgan fingerprint density at radius 1 is 1.14 bits per heavy atom. The van der Waals surface area contributed by atoms with Crippen molar-refractivity contribution in [3.8, 4) is 10.6 Å². The van der Waals surface area contributed by atoms with Gasteiger partial charge in [-0.25, -0.2) is 18.4 Å². The number of aromatic nitrogens is 3. The lowest BCUT2D eigenvalue weighted by atomic mass is 10.2. The van der Waals surface area contributed by atoms with E-state index in [1.807, 2.05) is 13.8 Å². The van der Waals surface area contributed by atoms with E-state index < -0.39 is 10.0 Å². The Balaban J connectivity index is 1.19. The van der Waals surface area contributed by atoms with E-state index in [0.717, 1.165) is 44.3 Å². The number of nitrogens with zero attached hydrogens (tertiary/aromatic N) is 5. The van der Waals surface area contributed by atoms with Crippen LogP contribution in [0.5, 0.6) is 0 Å². The lowest BCUT2D eigenvalue weighted by Gasteiger charge is -2.35. The van der Waals surface area contributed by atoms with Crippen molar-refractivity contribution >= 4 is 48.7 Å². The molecule has 1 atom stereocenters. The minimum Gasteiger partial charge on any atom is -0.365 e. The van der Waals surface area contributed by atoms with Crippen molar-refractivity contribution in [2.75, 3.05) is 38.0 Å². The van der Waals surface area contributed by atoms with Gasteiger partial charge in [-0.15, -0.1) is 22.7 Å². The van der Waals surface area contributed by atoms with Crippen LogP contribution in [0.2, 0.25) is 0 Å². The first kappa shape index (κ1) is 24.3. The monoisotopic (exact) mass is 532 g/mol. The molecule has 1 unspecified atom stereocenters. The van der Waals surface area contributed by atoms with E-state index in [0.29, 0.717) is 36.1 Å². The van der Waals surface area contributed by atoms with Gasteiger partial charge in [0, 0.05) is 44.3 Å². The quantitative estimate of drug-likeness (QED) is 0.379. The van der Waals surface area contributed by atoms with Crippen molar-refractivity contribution in [1.82, 2.24) is 24.3 Å². The molecule has 0 aliphatic carbocycles. The minimum atomic E-state index is -3.55. The molecule has 12 heteroatoms. The highest BCUT2D eigenvalue weighted by Gasteiger charge is 2.31. The molecule has 0 amide bonds. The first-order valence-corrected chi connectivity index (χ1v) is 14.6. The van der Waals surface area contributed by atoms with Crippen molar-refractivity contribution < 1.29 is 12.9 Å². The first-order chi connectivity index (χ1) is 16.7. The van der Waals surface area contributed by atoms with Crippen LogP contribution in [0.1, 0.15) is 23.7 Å². The average molecular weight is 533 g/mol. The summed E-state index contributed by atoms with van der Waals surface area (Å²) < 4.78 is 34.9. The first-order valence-electron chi connectivity index (χ1n) is 11.4. The van der Waals surface area contributed by atoms with E-state index in [1.165, 1.54) is 11.3 Å². The molecule has 1 saturated heterocycles. The standard InChI is InChI=1S/C23H28N6O3S3/c1-14-12-33-22-20(14)24-13-25-23(22)26-15(2)11-28-7-9-29(10-8-28)35(30,31)19-6-5-18(34-19)21-16(3)17(4)27-32-21/h5-6,12-13,15H,7-11H2,1-4H3,(H,24,25,26). The summed E-state index contributed by atoms with van der Waals surface area (Å²) in [5.74, 6) is 1.49. The largest absolute Gasteiger partial charge is 0.365 e. The number of anilines is 1. The van der Waals surface area contributed by atoms with E-state index in [-0.39, 0.29) is 6.04 Å². The number of aryl methyl sites for hydroxylation is 2. The molecule has 0 spiro atoms. The molecule has 9 nitrogen and oxygen atoms in total. The Kier molecular flexibility index (Phi) is 6.66. The molecule has 5 heterocycles. The number of fused-ring (bicyclic) bond motifs is 1. The van der Waals surface area contributed by atoms with Crippen molar-refractivity contribution in [1.29, 1.82) is 0 Å². The van der Waals surface area contributed by atoms with Crippen LogP contribution < -0.4 is 5.32 Å². The highest BCUT2D eigenvalue weighted by atomic mass is 32.2. The van der Waals surface area contributed by atoms with Crippen LogP contribution in [-0.2, 0) is 10.0 Å². The summed E-state index contributed by atoms with van der Waals surface area (Å²) in [6, 6.07) is 3.62. The van der Waals surface area contributed by atoms with Crippen molar-refractivity contribution in [2.45, 2.75) is 37.9 Å². The highest BCUT2D eigenvalue weighted by Crippen LogP contribution is 2.35. The molecule has 35 heavy (non-hydrogen) atoms. The van der Waals surface area contributed by atoms with E-state index in [4.69, 9.17) is 4.52 Å². The second kappa shape index (κ2) is 9.58. The minimum absolute atomic E-state index is 0.159. The molecule has 1 N–H and O–H groups in total. The Labute approximate surface area is 212 Å². The van der Waals surface area contributed by atoms with E-state index in [1.54, 1.807) is 34.1 Å². The fraction of sp³-hybridized carbons (Fsp3) is 0.435. The third kappa shape index (κ3) is 4.73. The Morgan fingerprint density at radius 2 is 1.91 bits per heavy atom. The third-order valence-electron chi connectivity index (χ3n) is 6.33. The topological polar surface area (TPSA) is 104 Å². The molecule has 0 aromatic carbocycles. The molecular formula is C23H28N6O3S3. The van der Waals surface area contributed by atoms with E-state index >= 15 is 0 Å². The van der Waals surface area contributed by atoms with Gasteiger partial charge >= 0.3 is 0 Å². The Bertz CT molecular complexity index is 1450. The molecule has 4 aromatic heterocycles. The Hall–Kier alpha value is -2.38. The lowest BCUT2D eigenvalue weighted by Crippen LogP contribution is -2.50. The molecule has 186 valence electrons. The molecule has 4 aromatic rings. The zero-order valence-corrected chi connectivity index (χ0v) is 22.6. The maximum Gasteiger partial charge on any atom is 0.252 e. The van der Waals surface area contributed by atoms with Crippen molar-refractivity contribution in [3.05, 3.63) is 40.7 Å². The summed E-state index contributed by atoms with van der Waals surface area (Å²) in [6.45, 7) is 11.1. The Morgan fingerprint density at radius 3 is 2.63 bits per heavy atom. The van der Waals surface area contributed by atoms with Gasteiger partial charge in [0.25, 0.3) is 10.0 Å². The fourth-order valence-corrected chi connectivity index (χ4v) is 8.12. The third-order valence-corrected chi connectivity index (χ3v) is 10.9. The molecule has 1 aliphatic heterocycles. The molecule has 1 aliphatic rings. The molecular weight excluding hydrogens is 504 g/mol. The highest BCUT2D eigenvalue weighted by molar-refractivity contribution is 7.91. The number of hydrogen-bond acceptors (Lipinski definition) is 10. The van der Waals surface area contributed by atoms with E-state index in [2.05, 4.69) is 44.6 Å². The number of rotatable bonds is 7. The van der Waals surface area contributed by atoms with Crippen LogP contribution in [0.25, 0.3) is 20.9 Å². The van der Waals surface area contributed by atoms with E-state index in [9.17, 15) is 8.42 Å². The lowest BCUT2D eigenvalue weighted by molar-refractivity contribution is 0.184. The summed E-state index contributed by atoms with van der Waals surface area (Å²) in [4.78, 5) is 11.9. The van der Waals surface area contributed by atoms with Gasteiger partial charge in [-0.05, 0) is 50.8 Å². The van der Waals surface area contributed by atoms with Gasteiger partial charge in [0.1, 0.15) is 16.4 Å². The van der Waals surface area contributed by atoms with Gasteiger partial charge in [0.05, 0.1) is 20.8 Å². The zero-order valence-electron chi connectivity index (χ0n) is 20.1. The maximum absolute atomic E-state index is 13.3. The maximum atomic E-state index is 13.3. The molecule has 1 fully saturated rings. The summed E-state index contributed by atoms with van der Waals surface area (Å²) in [5, 5.41) is 9.59. The smallest absolute Gasteiger partial charge is 0.252 e. The SMILES string of the molecule is Cc1noc(-c2ccc(S(=O)(=O)N3CCN(CC(C)Nc4ncnc5c(C)csc45)CC3)s2)c1C. The zero-order chi connectivity index (χ0) is 24.7. The number of hydrogen-bond donors (Lipinski definition) is 1. The van der Waals surface area contributed by atoms with Gasteiger partial charge in [-0.3, -0.25) is 4.90 Å². The normalized spacial score (nSPS) is 16.7. The van der Waals surface area contributed by atoms with Crippen LogP contribution in [0.15, 0.2) is 32.6 Å². The van der Waals surface area contributed by atoms with Crippen LogP contribution in [0.4, 0.5) is 5.82 Å². The van der Waals surface area contributed by atoms with Crippen molar-refractivity contribution in [2.24, 2.45) is 0 Å². The number of sulfonamides is 1. The molecule has 0 bridgehead atoms. The molecule has 0 radical (unpaired) electrons. The fourth-order valence-electron chi connectivity index (χ4n) is 4.24. The van der Waals surface area contributed by atoms with Gasteiger partial charge in [0.2, 0.25) is 0 Å². The van der Waals surface area contributed by atoms with Crippen molar-refractivity contribution in [3.63, 3.8) is 0 Å². The summed E-state index contributed by atoms with van der Waals surface area (Å²) in [7, 11) is -3.55. The predicted molar refractivity (Wildman–Crippen MR) is 140 cm³/mol. The van der Waals surface area contributed by atoms with Gasteiger partial charge in [0.15, 0.2) is 5.76 Å². The summed E-state index contributed by atoms with van der Waals surface area (Å²) in [5.41, 5.74) is 3.89. The van der Waals surface area contributed by atoms with Crippen LogP contribution >= 0.6 is 22.7 Å². The van der Waals surface area contributed by atoms with Gasteiger partial charge in [-0.1, -0.05) is 5.16 Å². The van der Waals surface area contributed by atoms with Gasteiger partial charge in [-0.2, -0.15) is 4.31 Å². The molecule has 5 rings (SSSR count). The van der Waals surface area contributed by atoms with Crippen LogP contribution in [-0.4, -0.2) is 71.5 Å². The second-order valence-corrected chi connectivity index (χ2v) is 13.0. The number of thiophene rings is 2.